The van der Waals surface area contributed by atoms with E-state index in [0.717, 1.165) is 35.8 Å². The van der Waals surface area contributed by atoms with Crippen LogP contribution in [0, 0.1) is 0 Å². The molecule has 2 rings (SSSR count). The molecule has 1 heterocycles. The lowest BCUT2D eigenvalue weighted by Gasteiger charge is -2.09. The lowest BCUT2D eigenvalue weighted by atomic mass is 10.1. The highest BCUT2D eigenvalue weighted by molar-refractivity contribution is 7.09. The molecule has 0 unspecified atom stereocenters. The summed E-state index contributed by atoms with van der Waals surface area (Å²) in [6.07, 6.45) is 9.09. The molecule has 5 heteroatoms. The maximum absolute atomic E-state index is 5.94. The van der Waals surface area contributed by atoms with Gasteiger partial charge in [-0.15, -0.1) is 5.10 Å². The lowest BCUT2D eigenvalue weighted by molar-refractivity contribution is 0.191. The molecular weight excluding hydrogens is 296 g/mol. The predicted molar refractivity (Wildman–Crippen MR) is 90.4 cm³/mol. The number of para-hydroxylation sites is 1. The van der Waals surface area contributed by atoms with Gasteiger partial charge in [-0.2, -0.15) is 0 Å². The second-order valence-electron chi connectivity index (χ2n) is 5.24. The van der Waals surface area contributed by atoms with Gasteiger partial charge < -0.3 is 9.47 Å². The zero-order chi connectivity index (χ0) is 15.5. The summed E-state index contributed by atoms with van der Waals surface area (Å²) < 4.78 is 14.9. The van der Waals surface area contributed by atoms with Gasteiger partial charge in [0.1, 0.15) is 5.75 Å². The molecule has 0 fully saturated rings. The molecular formula is C17H24N2O2S. The number of methoxy groups -OCH3 is 1. The van der Waals surface area contributed by atoms with Crippen molar-refractivity contribution in [1.29, 1.82) is 0 Å². The number of aromatic nitrogens is 2. The van der Waals surface area contributed by atoms with Gasteiger partial charge in [-0.05, 0) is 36.5 Å². The molecule has 0 spiro atoms. The zero-order valence-corrected chi connectivity index (χ0v) is 14.0. The van der Waals surface area contributed by atoms with Gasteiger partial charge in [-0.3, -0.25) is 0 Å². The standard InChI is InChI=1S/C17H24N2O2S/c1-20-12-8-4-2-3-5-9-13-21-16-11-7-6-10-15(16)17-14-18-19-22-17/h6-7,10-11,14H,2-5,8-9,12-13H2,1H3. The van der Waals surface area contributed by atoms with Gasteiger partial charge in [0.05, 0.1) is 17.7 Å². The van der Waals surface area contributed by atoms with E-state index in [4.69, 9.17) is 9.47 Å². The van der Waals surface area contributed by atoms with E-state index in [2.05, 4.69) is 15.7 Å². The van der Waals surface area contributed by atoms with Crippen LogP contribution in [0.15, 0.2) is 30.5 Å². The van der Waals surface area contributed by atoms with Crippen molar-refractivity contribution in [1.82, 2.24) is 9.59 Å². The highest BCUT2D eigenvalue weighted by Gasteiger charge is 2.07. The zero-order valence-electron chi connectivity index (χ0n) is 13.2. The summed E-state index contributed by atoms with van der Waals surface area (Å²) in [5.74, 6) is 0.925. The van der Waals surface area contributed by atoms with Crippen molar-refractivity contribution < 1.29 is 9.47 Å². The van der Waals surface area contributed by atoms with Crippen LogP contribution in [0.25, 0.3) is 10.4 Å². The number of nitrogens with zero attached hydrogens (tertiary/aromatic N) is 2. The van der Waals surface area contributed by atoms with Gasteiger partial charge in [0.15, 0.2) is 0 Å². The minimum atomic E-state index is 0.765. The molecule has 1 aromatic carbocycles. The van der Waals surface area contributed by atoms with Crippen molar-refractivity contribution in [3.63, 3.8) is 0 Å². The van der Waals surface area contributed by atoms with Gasteiger partial charge in [0.25, 0.3) is 0 Å². The summed E-state index contributed by atoms with van der Waals surface area (Å²) in [6.45, 7) is 1.65. The number of hydrogen-bond donors (Lipinski definition) is 0. The van der Waals surface area contributed by atoms with Crippen LogP contribution in [-0.2, 0) is 4.74 Å². The molecule has 0 atom stereocenters. The van der Waals surface area contributed by atoms with Crippen molar-refractivity contribution in [2.75, 3.05) is 20.3 Å². The van der Waals surface area contributed by atoms with E-state index in [9.17, 15) is 0 Å². The van der Waals surface area contributed by atoms with Gasteiger partial charge in [-0.1, -0.05) is 42.3 Å². The Hall–Kier alpha value is -1.46. The second kappa shape index (κ2) is 10.3. The van der Waals surface area contributed by atoms with Crippen LogP contribution in [0.3, 0.4) is 0 Å². The number of hydrogen-bond acceptors (Lipinski definition) is 5. The maximum atomic E-state index is 5.94. The molecule has 22 heavy (non-hydrogen) atoms. The fourth-order valence-electron chi connectivity index (χ4n) is 2.32. The first-order chi connectivity index (χ1) is 10.9. The van der Waals surface area contributed by atoms with Crippen LogP contribution in [0.5, 0.6) is 5.75 Å². The third-order valence-corrected chi connectivity index (χ3v) is 4.21. The lowest BCUT2D eigenvalue weighted by Crippen LogP contribution is -1.98. The van der Waals surface area contributed by atoms with Crippen LogP contribution in [0.1, 0.15) is 38.5 Å². The first kappa shape index (κ1) is 16.9. The Morgan fingerprint density at radius 1 is 0.955 bits per heavy atom. The normalized spacial score (nSPS) is 10.8. The molecule has 0 aliphatic heterocycles. The van der Waals surface area contributed by atoms with Crippen molar-refractivity contribution in [3.05, 3.63) is 30.5 Å². The average Bonchev–Trinajstić information content (AvgIpc) is 3.08. The first-order valence-corrected chi connectivity index (χ1v) is 8.67. The van der Waals surface area contributed by atoms with Gasteiger partial charge in [0, 0.05) is 19.3 Å². The minimum Gasteiger partial charge on any atom is -0.493 e. The van der Waals surface area contributed by atoms with Crippen molar-refractivity contribution in [2.24, 2.45) is 0 Å². The quantitative estimate of drug-likeness (QED) is 0.569. The van der Waals surface area contributed by atoms with Crippen LogP contribution in [0.4, 0.5) is 0 Å². The summed E-state index contributed by atoms with van der Waals surface area (Å²) in [4.78, 5) is 1.05. The minimum absolute atomic E-state index is 0.765. The molecule has 0 saturated heterocycles. The van der Waals surface area contributed by atoms with E-state index in [1.54, 1.807) is 13.3 Å². The largest absolute Gasteiger partial charge is 0.493 e. The Morgan fingerprint density at radius 2 is 1.68 bits per heavy atom. The smallest absolute Gasteiger partial charge is 0.128 e. The van der Waals surface area contributed by atoms with Crippen molar-refractivity contribution in [3.8, 4) is 16.2 Å². The second-order valence-corrected chi connectivity index (χ2v) is 6.03. The topological polar surface area (TPSA) is 44.2 Å². The Kier molecular flexibility index (Phi) is 7.91. The molecule has 0 saturated carbocycles. The Labute approximate surface area is 136 Å². The summed E-state index contributed by atoms with van der Waals surface area (Å²) in [5.41, 5.74) is 1.08. The monoisotopic (exact) mass is 320 g/mol. The average molecular weight is 320 g/mol. The number of ether oxygens (including phenoxy) is 2. The van der Waals surface area contributed by atoms with Gasteiger partial charge in [-0.25, -0.2) is 0 Å². The van der Waals surface area contributed by atoms with Crippen molar-refractivity contribution in [2.45, 2.75) is 38.5 Å². The molecule has 0 aliphatic carbocycles. The summed E-state index contributed by atoms with van der Waals surface area (Å²) >= 11 is 1.40. The fourth-order valence-corrected chi connectivity index (χ4v) is 2.86. The Balaban J connectivity index is 1.65. The maximum Gasteiger partial charge on any atom is 0.128 e. The van der Waals surface area contributed by atoms with E-state index >= 15 is 0 Å². The van der Waals surface area contributed by atoms with E-state index in [1.165, 1.54) is 43.6 Å². The van der Waals surface area contributed by atoms with Crippen LogP contribution < -0.4 is 4.74 Å². The van der Waals surface area contributed by atoms with E-state index in [1.807, 2.05) is 18.2 Å². The molecule has 0 N–H and O–H groups in total. The molecule has 0 aliphatic rings. The number of benzene rings is 1. The van der Waals surface area contributed by atoms with E-state index in [-0.39, 0.29) is 0 Å². The van der Waals surface area contributed by atoms with Crippen LogP contribution >= 0.6 is 11.5 Å². The molecule has 1 aromatic heterocycles. The number of rotatable bonds is 11. The predicted octanol–water partition coefficient (Wildman–Crippen LogP) is 4.57. The molecule has 120 valence electrons. The van der Waals surface area contributed by atoms with E-state index in [0.29, 0.717) is 0 Å². The molecule has 0 bridgehead atoms. The Morgan fingerprint density at radius 3 is 2.41 bits per heavy atom. The third kappa shape index (κ3) is 5.73. The van der Waals surface area contributed by atoms with Crippen molar-refractivity contribution >= 4 is 11.5 Å². The highest BCUT2D eigenvalue weighted by atomic mass is 32.1. The molecule has 0 radical (unpaired) electrons. The SMILES string of the molecule is COCCCCCCCCOc1ccccc1-c1cnns1. The van der Waals surface area contributed by atoms with Gasteiger partial charge in [0.2, 0.25) is 0 Å². The summed E-state index contributed by atoms with van der Waals surface area (Å²) in [5, 5.41) is 3.90. The van der Waals surface area contributed by atoms with Crippen LogP contribution in [-0.4, -0.2) is 29.9 Å². The van der Waals surface area contributed by atoms with E-state index < -0.39 is 0 Å². The number of unbranched alkanes of at least 4 members (excludes halogenated alkanes) is 5. The van der Waals surface area contributed by atoms with Gasteiger partial charge >= 0.3 is 0 Å². The molecule has 4 nitrogen and oxygen atoms in total. The third-order valence-electron chi connectivity index (χ3n) is 3.51. The summed E-state index contributed by atoms with van der Waals surface area (Å²) in [7, 11) is 1.76. The fraction of sp³-hybridized carbons (Fsp3) is 0.529. The highest BCUT2D eigenvalue weighted by Crippen LogP contribution is 2.31. The molecule has 2 aromatic rings. The first-order valence-electron chi connectivity index (χ1n) is 7.90. The Bertz CT molecular complexity index is 517. The molecule has 0 amide bonds. The van der Waals surface area contributed by atoms with Crippen LogP contribution in [0.2, 0.25) is 0 Å². The summed E-state index contributed by atoms with van der Waals surface area (Å²) in [6, 6.07) is 8.09.